The Hall–Kier alpha value is -1.84. The number of benzene rings is 1. The molecule has 1 aromatic carbocycles. The minimum Gasteiger partial charge on any atom is -0.339 e. The SMILES string of the molecule is Cc1ccc(CC(=O)N2CCN(C(=O)C3CCC3)CC2)c(C)c1. The zero-order valence-electron chi connectivity index (χ0n) is 14.2. The average molecular weight is 314 g/mol. The second kappa shape index (κ2) is 6.73. The summed E-state index contributed by atoms with van der Waals surface area (Å²) >= 11 is 0. The lowest BCUT2D eigenvalue weighted by Crippen LogP contribution is -2.52. The molecule has 1 aliphatic heterocycles. The molecule has 4 nitrogen and oxygen atoms in total. The van der Waals surface area contributed by atoms with Crippen LogP contribution < -0.4 is 0 Å². The van der Waals surface area contributed by atoms with Gasteiger partial charge in [-0.3, -0.25) is 9.59 Å². The van der Waals surface area contributed by atoms with Crippen molar-refractivity contribution in [3.05, 3.63) is 34.9 Å². The Bertz CT molecular complexity index is 599. The number of nitrogens with zero attached hydrogens (tertiary/aromatic N) is 2. The van der Waals surface area contributed by atoms with Gasteiger partial charge in [-0.05, 0) is 37.8 Å². The van der Waals surface area contributed by atoms with Crippen LogP contribution in [-0.2, 0) is 16.0 Å². The lowest BCUT2D eigenvalue weighted by Gasteiger charge is -2.38. The fourth-order valence-corrected chi connectivity index (χ4v) is 3.41. The van der Waals surface area contributed by atoms with Gasteiger partial charge in [0, 0.05) is 32.1 Å². The highest BCUT2D eigenvalue weighted by Gasteiger charge is 2.31. The Morgan fingerprint density at radius 3 is 2.26 bits per heavy atom. The van der Waals surface area contributed by atoms with Crippen LogP contribution in [-0.4, -0.2) is 47.8 Å². The highest BCUT2D eigenvalue weighted by atomic mass is 16.2. The number of aryl methyl sites for hydroxylation is 2. The quantitative estimate of drug-likeness (QED) is 0.859. The Morgan fingerprint density at radius 1 is 1.04 bits per heavy atom. The number of hydrogen-bond donors (Lipinski definition) is 0. The second-order valence-electron chi connectivity index (χ2n) is 6.94. The van der Waals surface area contributed by atoms with Crippen molar-refractivity contribution in [1.29, 1.82) is 0 Å². The molecule has 0 aromatic heterocycles. The molecule has 2 amide bonds. The first-order valence-electron chi connectivity index (χ1n) is 8.67. The van der Waals surface area contributed by atoms with Gasteiger partial charge >= 0.3 is 0 Å². The van der Waals surface area contributed by atoms with E-state index in [1.165, 1.54) is 17.5 Å². The average Bonchev–Trinajstić information content (AvgIpc) is 2.48. The maximum atomic E-state index is 12.5. The first-order chi connectivity index (χ1) is 11.0. The summed E-state index contributed by atoms with van der Waals surface area (Å²) in [5.41, 5.74) is 3.51. The Morgan fingerprint density at radius 2 is 1.70 bits per heavy atom. The van der Waals surface area contributed by atoms with Gasteiger partial charge in [-0.1, -0.05) is 30.2 Å². The number of carbonyl (C=O) groups excluding carboxylic acids is 2. The van der Waals surface area contributed by atoms with E-state index in [2.05, 4.69) is 32.0 Å². The first kappa shape index (κ1) is 16.0. The molecule has 0 radical (unpaired) electrons. The molecule has 23 heavy (non-hydrogen) atoms. The Labute approximate surface area is 138 Å². The monoisotopic (exact) mass is 314 g/mol. The van der Waals surface area contributed by atoms with E-state index in [0.29, 0.717) is 38.5 Å². The van der Waals surface area contributed by atoms with E-state index in [0.717, 1.165) is 18.4 Å². The summed E-state index contributed by atoms with van der Waals surface area (Å²) in [5.74, 6) is 0.734. The number of piperazine rings is 1. The first-order valence-corrected chi connectivity index (χ1v) is 8.67. The number of carbonyl (C=O) groups is 2. The Kier molecular flexibility index (Phi) is 4.69. The molecule has 1 heterocycles. The number of amides is 2. The van der Waals surface area contributed by atoms with E-state index in [9.17, 15) is 9.59 Å². The van der Waals surface area contributed by atoms with Gasteiger partial charge in [0.05, 0.1) is 6.42 Å². The molecule has 4 heteroatoms. The highest BCUT2D eigenvalue weighted by Crippen LogP contribution is 2.28. The molecule has 1 aliphatic carbocycles. The second-order valence-corrected chi connectivity index (χ2v) is 6.94. The van der Waals surface area contributed by atoms with Crippen LogP contribution in [0.3, 0.4) is 0 Å². The molecule has 0 spiro atoms. The van der Waals surface area contributed by atoms with Gasteiger partial charge in [-0.25, -0.2) is 0 Å². The predicted octanol–water partition coefficient (Wildman–Crippen LogP) is 2.32. The van der Waals surface area contributed by atoms with E-state index in [1.807, 2.05) is 9.80 Å². The fraction of sp³-hybridized carbons (Fsp3) is 0.579. The van der Waals surface area contributed by atoms with Crippen LogP contribution in [0.5, 0.6) is 0 Å². The van der Waals surface area contributed by atoms with E-state index < -0.39 is 0 Å². The Balaban J connectivity index is 1.52. The van der Waals surface area contributed by atoms with Crippen molar-refractivity contribution in [2.45, 2.75) is 39.5 Å². The minimum absolute atomic E-state index is 0.174. The molecule has 0 unspecified atom stereocenters. The van der Waals surface area contributed by atoms with E-state index in [4.69, 9.17) is 0 Å². The molecule has 2 aliphatic rings. The van der Waals surface area contributed by atoms with Crippen molar-refractivity contribution in [2.24, 2.45) is 5.92 Å². The van der Waals surface area contributed by atoms with Gasteiger partial charge in [0.15, 0.2) is 0 Å². The maximum absolute atomic E-state index is 12.5. The van der Waals surface area contributed by atoms with Crippen LogP contribution in [0.4, 0.5) is 0 Å². The van der Waals surface area contributed by atoms with Gasteiger partial charge in [-0.2, -0.15) is 0 Å². The third-order valence-electron chi connectivity index (χ3n) is 5.24. The molecule has 0 N–H and O–H groups in total. The van der Waals surface area contributed by atoms with E-state index in [1.54, 1.807) is 0 Å². The van der Waals surface area contributed by atoms with Gasteiger partial charge in [0.1, 0.15) is 0 Å². The predicted molar refractivity (Wildman–Crippen MR) is 90.1 cm³/mol. The summed E-state index contributed by atoms with van der Waals surface area (Å²) in [6.07, 6.45) is 3.74. The van der Waals surface area contributed by atoms with E-state index in [-0.39, 0.29) is 11.8 Å². The molecule has 1 aromatic rings. The molecule has 1 saturated carbocycles. The molecule has 2 fully saturated rings. The largest absolute Gasteiger partial charge is 0.339 e. The van der Waals surface area contributed by atoms with Crippen molar-refractivity contribution in [3.63, 3.8) is 0 Å². The van der Waals surface area contributed by atoms with Gasteiger partial charge < -0.3 is 9.80 Å². The van der Waals surface area contributed by atoms with Gasteiger partial charge in [0.25, 0.3) is 0 Å². The molecule has 0 bridgehead atoms. The zero-order chi connectivity index (χ0) is 16.4. The molecule has 1 saturated heterocycles. The normalized spacial score (nSPS) is 18.7. The summed E-state index contributed by atoms with van der Waals surface area (Å²) in [7, 11) is 0. The zero-order valence-corrected chi connectivity index (χ0v) is 14.2. The topological polar surface area (TPSA) is 40.6 Å². The molecule has 3 rings (SSSR count). The third-order valence-corrected chi connectivity index (χ3v) is 5.24. The van der Waals surface area contributed by atoms with Gasteiger partial charge in [0.2, 0.25) is 11.8 Å². The highest BCUT2D eigenvalue weighted by molar-refractivity contribution is 5.81. The summed E-state index contributed by atoms with van der Waals surface area (Å²) in [6.45, 7) is 6.84. The molecular weight excluding hydrogens is 288 g/mol. The maximum Gasteiger partial charge on any atom is 0.227 e. The summed E-state index contributed by atoms with van der Waals surface area (Å²) in [6, 6.07) is 6.24. The summed E-state index contributed by atoms with van der Waals surface area (Å²) < 4.78 is 0. The van der Waals surface area contributed by atoms with Crippen LogP contribution in [0.15, 0.2) is 18.2 Å². The molecule has 0 atom stereocenters. The molecular formula is C19H26N2O2. The molecule has 124 valence electrons. The summed E-state index contributed by atoms with van der Waals surface area (Å²) in [5, 5.41) is 0. The smallest absolute Gasteiger partial charge is 0.227 e. The van der Waals surface area contributed by atoms with Gasteiger partial charge in [-0.15, -0.1) is 0 Å². The van der Waals surface area contributed by atoms with Crippen LogP contribution in [0.25, 0.3) is 0 Å². The fourth-order valence-electron chi connectivity index (χ4n) is 3.41. The lowest BCUT2D eigenvalue weighted by molar-refractivity contribution is -0.143. The number of hydrogen-bond acceptors (Lipinski definition) is 2. The minimum atomic E-state index is 0.174. The van der Waals surface area contributed by atoms with Crippen LogP contribution >= 0.6 is 0 Å². The van der Waals surface area contributed by atoms with Crippen molar-refractivity contribution >= 4 is 11.8 Å². The van der Waals surface area contributed by atoms with Crippen molar-refractivity contribution in [2.75, 3.05) is 26.2 Å². The van der Waals surface area contributed by atoms with Crippen LogP contribution in [0.1, 0.15) is 36.0 Å². The van der Waals surface area contributed by atoms with Crippen molar-refractivity contribution in [3.8, 4) is 0 Å². The summed E-state index contributed by atoms with van der Waals surface area (Å²) in [4.78, 5) is 28.6. The van der Waals surface area contributed by atoms with Crippen LogP contribution in [0.2, 0.25) is 0 Å². The van der Waals surface area contributed by atoms with E-state index >= 15 is 0 Å². The lowest BCUT2D eigenvalue weighted by atomic mass is 9.84. The van der Waals surface area contributed by atoms with Crippen LogP contribution in [0, 0.1) is 19.8 Å². The standard InChI is InChI=1S/C19H26N2O2/c1-14-6-7-17(15(2)12-14)13-18(22)20-8-10-21(11-9-20)19(23)16-4-3-5-16/h6-7,12,16H,3-5,8-11,13H2,1-2H3. The number of rotatable bonds is 3. The third kappa shape index (κ3) is 3.57. The van der Waals surface area contributed by atoms with Crippen molar-refractivity contribution < 1.29 is 9.59 Å². The van der Waals surface area contributed by atoms with Crippen molar-refractivity contribution in [1.82, 2.24) is 9.80 Å².